The minimum atomic E-state index is 0.729. The van der Waals surface area contributed by atoms with E-state index in [-0.39, 0.29) is 0 Å². The van der Waals surface area contributed by atoms with Gasteiger partial charge in [-0.1, -0.05) is 67.0 Å². The van der Waals surface area contributed by atoms with E-state index >= 15 is 0 Å². The van der Waals surface area contributed by atoms with Gasteiger partial charge >= 0.3 is 0 Å². The molecule has 0 atom stereocenters. The predicted molar refractivity (Wildman–Crippen MR) is 87.2 cm³/mol. The summed E-state index contributed by atoms with van der Waals surface area (Å²) in [6.07, 6.45) is 1.43. The van der Waals surface area contributed by atoms with Gasteiger partial charge < -0.3 is 4.74 Å². The second-order valence-corrected chi connectivity index (χ2v) is 4.56. The Morgan fingerprint density at radius 3 is 2.38 bits per heavy atom. The van der Waals surface area contributed by atoms with Gasteiger partial charge in [-0.25, -0.2) is 0 Å². The van der Waals surface area contributed by atoms with E-state index in [9.17, 15) is 0 Å². The fourth-order valence-corrected chi connectivity index (χ4v) is 2.22. The molecule has 0 saturated carbocycles. The van der Waals surface area contributed by atoms with E-state index in [0.717, 1.165) is 27.6 Å². The van der Waals surface area contributed by atoms with Gasteiger partial charge in [0, 0.05) is 10.9 Å². The minimum Gasteiger partial charge on any atom is -0.464 e. The SMILES string of the molecule is C=COc1ccc2ccccc2c1C#Cc1ccccc1. The third-order valence-electron chi connectivity index (χ3n) is 3.21. The smallest absolute Gasteiger partial charge is 0.142 e. The quantitative estimate of drug-likeness (QED) is 0.482. The molecule has 3 rings (SSSR count). The van der Waals surface area contributed by atoms with Gasteiger partial charge in [0.2, 0.25) is 0 Å². The van der Waals surface area contributed by atoms with Gasteiger partial charge in [-0.2, -0.15) is 0 Å². The van der Waals surface area contributed by atoms with Gasteiger partial charge in [-0.05, 0) is 23.6 Å². The highest BCUT2D eigenvalue weighted by Crippen LogP contribution is 2.27. The lowest BCUT2D eigenvalue weighted by atomic mass is 10.0. The summed E-state index contributed by atoms with van der Waals surface area (Å²) in [5.41, 5.74) is 1.87. The van der Waals surface area contributed by atoms with Crippen molar-refractivity contribution in [3.05, 3.63) is 90.7 Å². The van der Waals surface area contributed by atoms with Crippen LogP contribution < -0.4 is 4.74 Å². The minimum absolute atomic E-state index is 0.729. The van der Waals surface area contributed by atoms with Crippen LogP contribution in [-0.4, -0.2) is 0 Å². The molecule has 100 valence electrons. The van der Waals surface area contributed by atoms with Crippen molar-refractivity contribution in [2.45, 2.75) is 0 Å². The fourth-order valence-electron chi connectivity index (χ4n) is 2.22. The molecule has 0 saturated heterocycles. The van der Waals surface area contributed by atoms with Gasteiger partial charge in [0.1, 0.15) is 5.75 Å². The van der Waals surface area contributed by atoms with Gasteiger partial charge in [-0.15, -0.1) is 0 Å². The molecule has 0 aliphatic carbocycles. The van der Waals surface area contributed by atoms with Gasteiger partial charge in [0.25, 0.3) is 0 Å². The zero-order chi connectivity index (χ0) is 14.5. The third-order valence-corrected chi connectivity index (χ3v) is 3.21. The standard InChI is InChI=1S/C20H14O/c1-2-21-20-15-13-17-10-6-7-11-18(17)19(20)14-12-16-8-4-3-5-9-16/h2-11,13,15H,1H2. The summed E-state index contributed by atoms with van der Waals surface area (Å²) in [4.78, 5) is 0. The zero-order valence-electron chi connectivity index (χ0n) is 11.5. The average molecular weight is 270 g/mol. The lowest BCUT2D eigenvalue weighted by molar-refractivity contribution is 0.483. The predicted octanol–water partition coefficient (Wildman–Crippen LogP) is 4.76. The molecule has 0 aromatic heterocycles. The van der Waals surface area contributed by atoms with Crippen LogP contribution >= 0.6 is 0 Å². The molecule has 3 aromatic rings. The Hall–Kier alpha value is -2.98. The molecule has 1 heteroatoms. The molecule has 0 N–H and O–H groups in total. The lowest BCUT2D eigenvalue weighted by Crippen LogP contribution is -1.88. The van der Waals surface area contributed by atoms with E-state index in [1.807, 2.05) is 54.6 Å². The van der Waals surface area contributed by atoms with E-state index in [1.54, 1.807) is 0 Å². The number of hydrogen-bond acceptors (Lipinski definition) is 1. The second kappa shape index (κ2) is 5.98. The van der Waals surface area contributed by atoms with E-state index < -0.39 is 0 Å². The molecule has 1 nitrogen and oxygen atoms in total. The van der Waals surface area contributed by atoms with Crippen molar-refractivity contribution >= 4 is 10.8 Å². The first-order valence-corrected chi connectivity index (χ1v) is 6.75. The highest BCUT2D eigenvalue weighted by atomic mass is 16.5. The van der Waals surface area contributed by atoms with Gasteiger partial charge in [0.05, 0.1) is 11.8 Å². The van der Waals surface area contributed by atoms with Crippen molar-refractivity contribution in [1.29, 1.82) is 0 Å². The summed E-state index contributed by atoms with van der Waals surface area (Å²) in [5, 5.41) is 2.23. The average Bonchev–Trinajstić information content (AvgIpc) is 2.55. The number of ether oxygens (including phenoxy) is 1. The van der Waals surface area contributed by atoms with E-state index in [4.69, 9.17) is 4.74 Å². The Kier molecular flexibility index (Phi) is 3.71. The summed E-state index contributed by atoms with van der Waals surface area (Å²) in [6.45, 7) is 3.63. The molecule has 0 fully saturated rings. The number of fused-ring (bicyclic) bond motifs is 1. The fraction of sp³-hybridized carbons (Fsp3) is 0. The Balaban J connectivity index is 2.17. The van der Waals surface area contributed by atoms with E-state index in [2.05, 4.69) is 30.6 Å². The number of hydrogen-bond donors (Lipinski definition) is 0. The first-order chi connectivity index (χ1) is 10.4. The molecule has 0 amide bonds. The highest BCUT2D eigenvalue weighted by molar-refractivity contribution is 5.90. The van der Waals surface area contributed by atoms with Crippen LogP contribution in [0.2, 0.25) is 0 Å². The molecular weight excluding hydrogens is 256 g/mol. The maximum absolute atomic E-state index is 5.49. The molecule has 0 aliphatic heterocycles. The molecule has 0 bridgehead atoms. The molecule has 0 aliphatic rings. The van der Waals surface area contributed by atoms with Crippen LogP contribution in [0.3, 0.4) is 0 Å². The van der Waals surface area contributed by atoms with Crippen molar-refractivity contribution in [2.75, 3.05) is 0 Å². The largest absolute Gasteiger partial charge is 0.464 e. The van der Waals surface area contributed by atoms with Crippen molar-refractivity contribution in [1.82, 2.24) is 0 Å². The summed E-state index contributed by atoms with van der Waals surface area (Å²) in [6, 6.07) is 22.0. The summed E-state index contributed by atoms with van der Waals surface area (Å²) in [5.74, 6) is 7.15. The summed E-state index contributed by atoms with van der Waals surface area (Å²) < 4.78 is 5.49. The van der Waals surface area contributed by atoms with Crippen LogP contribution in [0.15, 0.2) is 79.6 Å². The Labute approximate surface area is 124 Å². The first kappa shape index (κ1) is 13.0. The Bertz CT molecular complexity index is 836. The zero-order valence-corrected chi connectivity index (χ0v) is 11.5. The van der Waals surface area contributed by atoms with Crippen LogP contribution in [0.25, 0.3) is 10.8 Å². The van der Waals surface area contributed by atoms with E-state index in [0.29, 0.717) is 0 Å². The Morgan fingerprint density at radius 1 is 0.810 bits per heavy atom. The summed E-state index contributed by atoms with van der Waals surface area (Å²) in [7, 11) is 0. The number of benzene rings is 3. The van der Waals surface area contributed by atoms with Crippen molar-refractivity contribution in [3.63, 3.8) is 0 Å². The highest BCUT2D eigenvalue weighted by Gasteiger charge is 2.05. The van der Waals surface area contributed by atoms with Gasteiger partial charge in [0.15, 0.2) is 0 Å². The molecule has 21 heavy (non-hydrogen) atoms. The lowest BCUT2D eigenvalue weighted by Gasteiger charge is -2.07. The first-order valence-electron chi connectivity index (χ1n) is 6.75. The molecule has 0 unspecified atom stereocenters. The number of rotatable bonds is 2. The molecule has 0 spiro atoms. The normalized spacial score (nSPS) is 9.71. The monoisotopic (exact) mass is 270 g/mol. The van der Waals surface area contributed by atoms with E-state index in [1.165, 1.54) is 6.26 Å². The maximum atomic E-state index is 5.49. The third kappa shape index (κ3) is 2.80. The second-order valence-electron chi connectivity index (χ2n) is 4.56. The van der Waals surface area contributed by atoms with Crippen molar-refractivity contribution in [3.8, 4) is 17.6 Å². The maximum Gasteiger partial charge on any atom is 0.142 e. The van der Waals surface area contributed by atoms with Crippen LogP contribution in [0.1, 0.15) is 11.1 Å². The van der Waals surface area contributed by atoms with Gasteiger partial charge in [-0.3, -0.25) is 0 Å². The molecule has 0 radical (unpaired) electrons. The van der Waals surface area contributed by atoms with Crippen LogP contribution in [0, 0.1) is 11.8 Å². The van der Waals surface area contributed by atoms with Crippen molar-refractivity contribution < 1.29 is 4.74 Å². The molecular formula is C20H14O. The van der Waals surface area contributed by atoms with Crippen LogP contribution in [-0.2, 0) is 0 Å². The topological polar surface area (TPSA) is 9.23 Å². The van der Waals surface area contributed by atoms with Crippen LogP contribution in [0.5, 0.6) is 5.75 Å². The van der Waals surface area contributed by atoms with Crippen LogP contribution in [0.4, 0.5) is 0 Å². The Morgan fingerprint density at radius 2 is 1.57 bits per heavy atom. The van der Waals surface area contributed by atoms with Crippen molar-refractivity contribution in [2.24, 2.45) is 0 Å². The molecule has 3 aromatic carbocycles. The summed E-state index contributed by atoms with van der Waals surface area (Å²) >= 11 is 0. The molecule has 0 heterocycles.